The normalized spacial score (nSPS) is 20.5. The fourth-order valence-corrected chi connectivity index (χ4v) is 14.4. The molecule has 12 rings (SSSR count). The Morgan fingerprint density at radius 3 is 1.41 bits per heavy atom. The van der Waals surface area contributed by atoms with E-state index in [1.54, 1.807) is 0 Å². The van der Waals surface area contributed by atoms with Gasteiger partial charge in [-0.25, -0.2) is 0 Å². The molecule has 2 aliphatic heterocycles. The molecule has 5 aliphatic rings. The summed E-state index contributed by atoms with van der Waals surface area (Å²) in [5, 5.41) is 2.40. The fourth-order valence-electron chi connectivity index (χ4n) is 14.4. The van der Waals surface area contributed by atoms with Gasteiger partial charge < -0.3 is 14.2 Å². The minimum absolute atomic E-state index is 0.000797. The lowest BCUT2D eigenvalue weighted by Crippen LogP contribution is -2.62. The highest BCUT2D eigenvalue weighted by Gasteiger charge is 2.49. The molecule has 3 aliphatic carbocycles. The number of hydrogen-bond donors (Lipinski definition) is 0. The summed E-state index contributed by atoms with van der Waals surface area (Å²) in [5.41, 5.74) is 27.0. The molecule has 3 nitrogen and oxygen atoms in total. The second-order valence-electron chi connectivity index (χ2n) is 29.9. The third kappa shape index (κ3) is 7.17. The molecule has 3 heterocycles. The second-order valence-corrected chi connectivity index (χ2v) is 29.9. The van der Waals surface area contributed by atoms with Crippen LogP contribution in [0.15, 0.2) is 89.3 Å². The number of furan rings is 1. The maximum absolute atomic E-state index is 7.03. The molecule has 0 unspecified atom stereocenters. The first-order valence-corrected chi connectivity index (χ1v) is 28.1. The van der Waals surface area contributed by atoms with E-state index in [1.165, 1.54) is 143 Å². The Balaban J connectivity index is 1.25. The van der Waals surface area contributed by atoms with Crippen molar-refractivity contribution >= 4 is 79.2 Å². The van der Waals surface area contributed by atoms with Crippen LogP contribution in [0.4, 0.5) is 34.1 Å². The highest BCUT2D eigenvalue weighted by molar-refractivity contribution is 7.00. The van der Waals surface area contributed by atoms with Gasteiger partial charge >= 0.3 is 0 Å². The fraction of sp³-hybridized carbons (Fsp3) is 0.478. The van der Waals surface area contributed by atoms with Gasteiger partial charge in [-0.1, -0.05) is 155 Å². The third-order valence-corrected chi connectivity index (χ3v) is 19.9. The number of fused-ring (bicyclic) bond motifs is 10. The average molecular weight is 967 g/mol. The summed E-state index contributed by atoms with van der Waals surface area (Å²) in [7, 11) is 0. The standard InChI is InChI=1S/C69H83BN2O/c1-40-30-47-50(68(16,17)28-26-65(47,10)11)37-54(40)72-56-39-60-45(44-31-41(62(2,3)4)20-23-59(44)73-60)35-52(56)70-53-36-49-51(69(18,19)29-27-67(49,14)15)38-55(53)71(57-32-42(63(5,6)7)33-58(72)61(57)70)43-21-22-46-48(34-43)66(12,13)25-24-64(46,8)9/h20-23,30-39H,24-29H2,1-19H3. The van der Waals surface area contributed by atoms with Crippen LogP contribution in [0, 0.1) is 6.92 Å². The molecule has 73 heavy (non-hydrogen) atoms. The van der Waals surface area contributed by atoms with Crippen molar-refractivity contribution in [3.8, 4) is 0 Å². The minimum Gasteiger partial charge on any atom is -0.456 e. The van der Waals surface area contributed by atoms with Crippen LogP contribution in [0.2, 0.25) is 0 Å². The van der Waals surface area contributed by atoms with Gasteiger partial charge in [0, 0.05) is 51.0 Å². The lowest BCUT2D eigenvalue weighted by molar-refractivity contribution is 0.332. The zero-order valence-electron chi connectivity index (χ0n) is 48.2. The SMILES string of the molecule is Cc1cc2c(cc1N1c3cc4oc5ccc(C(C)(C)C)cc5c4cc3B3c4cc5c(cc4N(c4ccc6c(c4)C(C)(C)CCC6(C)C)c4cc(C(C)(C)C)cc1c43)C(C)(C)CCC5(C)C)C(C)(C)CCC2(C)C. The first kappa shape index (κ1) is 48.7. The molecule has 0 bridgehead atoms. The van der Waals surface area contributed by atoms with Crippen molar-refractivity contribution in [2.75, 3.05) is 9.80 Å². The summed E-state index contributed by atoms with van der Waals surface area (Å²) < 4.78 is 7.03. The third-order valence-electron chi connectivity index (χ3n) is 19.9. The van der Waals surface area contributed by atoms with Crippen LogP contribution in [-0.2, 0) is 43.3 Å². The summed E-state index contributed by atoms with van der Waals surface area (Å²) in [4.78, 5) is 5.44. The zero-order chi connectivity index (χ0) is 52.3. The molecule has 0 spiro atoms. The van der Waals surface area contributed by atoms with E-state index in [0.29, 0.717) is 0 Å². The van der Waals surface area contributed by atoms with Gasteiger partial charge in [0.05, 0.1) is 0 Å². The summed E-state index contributed by atoms with van der Waals surface area (Å²) in [6, 6.07) is 35.3. The first-order chi connectivity index (χ1) is 33.8. The zero-order valence-corrected chi connectivity index (χ0v) is 48.2. The van der Waals surface area contributed by atoms with Gasteiger partial charge in [-0.15, -0.1) is 0 Å². The first-order valence-electron chi connectivity index (χ1n) is 28.1. The van der Waals surface area contributed by atoms with E-state index >= 15 is 0 Å². The lowest BCUT2D eigenvalue weighted by Gasteiger charge is -2.48. The summed E-state index contributed by atoms with van der Waals surface area (Å²) in [6.07, 6.45) is 7.06. The maximum atomic E-state index is 7.03. The lowest BCUT2D eigenvalue weighted by atomic mass is 9.33. The van der Waals surface area contributed by atoms with E-state index in [-0.39, 0.29) is 50.0 Å². The maximum Gasteiger partial charge on any atom is 0.252 e. The Hall–Kier alpha value is -5.22. The smallest absolute Gasteiger partial charge is 0.252 e. The van der Waals surface area contributed by atoms with Gasteiger partial charge in [0.1, 0.15) is 11.2 Å². The van der Waals surface area contributed by atoms with Crippen molar-refractivity contribution < 1.29 is 4.42 Å². The molecule has 4 heteroatoms. The molecule has 0 atom stereocenters. The van der Waals surface area contributed by atoms with Gasteiger partial charge in [0.15, 0.2) is 0 Å². The number of nitrogens with zero attached hydrogens (tertiary/aromatic N) is 2. The summed E-state index contributed by atoms with van der Waals surface area (Å²) >= 11 is 0. The molecule has 0 amide bonds. The van der Waals surface area contributed by atoms with E-state index in [9.17, 15) is 0 Å². The van der Waals surface area contributed by atoms with Gasteiger partial charge in [-0.3, -0.25) is 0 Å². The molecule has 0 fully saturated rings. The quantitative estimate of drug-likeness (QED) is 0.161. The van der Waals surface area contributed by atoms with Crippen LogP contribution in [0.5, 0.6) is 0 Å². The number of anilines is 6. The molecule has 0 N–H and O–H groups in total. The van der Waals surface area contributed by atoms with Crippen LogP contribution in [0.1, 0.15) is 213 Å². The Kier molecular flexibility index (Phi) is 10.0. The largest absolute Gasteiger partial charge is 0.456 e. The summed E-state index contributed by atoms with van der Waals surface area (Å²) in [6.45, 7) is 46.3. The molecule has 378 valence electrons. The van der Waals surface area contributed by atoms with Gasteiger partial charge in [0.2, 0.25) is 0 Å². The van der Waals surface area contributed by atoms with Gasteiger partial charge in [-0.2, -0.15) is 0 Å². The minimum atomic E-state index is -0.132. The van der Waals surface area contributed by atoms with Crippen LogP contribution in [0.25, 0.3) is 21.9 Å². The van der Waals surface area contributed by atoms with Gasteiger partial charge in [0.25, 0.3) is 6.71 Å². The van der Waals surface area contributed by atoms with Crippen molar-refractivity contribution in [2.24, 2.45) is 0 Å². The Labute approximate surface area is 439 Å². The van der Waals surface area contributed by atoms with Crippen molar-refractivity contribution in [3.05, 3.63) is 135 Å². The Morgan fingerprint density at radius 1 is 0.397 bits per heavy atom. The highest BCUT2D eigenvalue weighted by atomic mass is 16.3. The Morgan fingerprint density at radius 2 is 0.849 bits per heavy atom. The van der Waals surface area contributed by atoms with E-state index in [4.69, 9.17) is 4.42 Å². The molecule has 0 saturated carbocycles. The molecule has 1 aromatic heterocycles. The molecule has 7 aromatic rings. The van der Waals surface area contributed by atoms with Gasteiger partial charge in [-0.05, 0) is 204 Å². The number of benzene rings is 6. The van der Waals surface area contributed by atoms with Crippen LogP contribution < -0.4 is 26.2 Å². The number of aryl methyl sites for hydroxylation is 1. The number of rotatable bonds is 2. The predicted molar refractivity (Wildman–Crippen MR) is 316 cm³/mol. The van der Waals surface area contributed by atoms with E-state index in [0.717, 1.165) is 17.6 Å². The van der Waals surface area contributed by atoms with Crippen molar-refractivity contribution in [1.29, 1.82) is 0 Å². The van der Waals surface area contributed by atoms with Crippen LogP contribution in [0.3, 0.4) is 0 Å². The molecule has 0 radical (unpaired) electrons. The predicted octanol–water partition coefficient (Wildman–Crippen LogP) is 17.6. The topological polar surface area (TPSA) is 19.6 Å². The van der Waals surface area contributed by atoms with E-state index in [1.807, 2.05) is 0 Å². The molecular weight excluding hydrogens is 884 g/mol. The average Bonchev–Trinajstić information content (AvgIpc) is 3.66. The van der Waals surface area contributed by atoms with E-state index in [2.05, 4.69) is 226 Å². The molecular formula is C69H83BN2O. The Bertz CT molecular complexity index is 3520. The van der Waals surface area contributed by atoms with Crippen molar-refractivity contribution in [2.45, 2.75) is 213 Å². The molecule has 6 aromatic carbocycles. The van der Waals surface area contributed by atoms with E-state index < -0.39 is 0 Å². The van der Waals surface area contributed by atoms with Crippen molar-refractivity contribution in [1.82, 2.24) is 0 Å². The molecule has 0 saturated heterocycles. The van der Waals surface area contributed by atoms with Crippen LogP contribution in [-0.4, -0.2) is 6.71 Å². The summed E-state index contributed by atoms with van der Waals surface area (Å²) in [5.74, 6) is 0. The number of hydrogen-bond acceptors (Lipinski definition) is 3. The highest BCUT2D eigenvalue weighted by Crippen LogP contribution is 2.55. The van der Waals surface area contributed by atoms with Crippen molar-refractivity contribution in [3.63, 3.8) is 0 Å². The second kappa shape index (κ2) is 15.0. The van der Waals surface area contributed by atoms with Crippen LogP contribution >= 0.6 is 0 Å². The monoisotopic (exact) mass is 967 g/mol.